The molecule has 0 aliphatic rings. The molecule has 0 aliphatic carbocycles. The Morgan fingerprint density at radius 1 is 0.964 bits per heavy atom. The van der Waals surface area contributed by atoms with Gasteiger partial charge in [-0.05, 0) is 47.5 Å². The molecule has 146 valence electrons. The molecular weight excluding hydrogens is 380 g/mol. The predicted molar refractivity (Wildman–Crippen MR) is 107 cm³/mol. The maximum absolute atomic E-state index is 11.9. The third kappa shape index (κ3) is 6.21. The van der Waals surface area contributed by atoms with Gasteiger partial charge in [-0.1, -0.05) is 30.4 Å². The largest absolute Gasteiger partial charge is 0.504 e. The monoisotopic (exact) mass is 400 g/mol. The standard InChI is InChI=1S/C21H20O6S/c1-27-21-13-16(7-12-20(21)24)4-9-18(23)14-17(22)8-3-15-5-10-19(11-6-15)28(2,25)26/h3-13,24H,14H2,1-2H3/b8-3+,9-4+. The van der Waals surface area contributed by atoms with Gasteiger partial charge in [0.15, 0.2) is 32.9 Å². The molecule has 0 spiro atoms. The summed E-state index contributed by atoms with van der Waals surface area (Å²) in [5.41, 5.74) is 1.30. The fourth-order valence-electron chi connectivity index (χ4n) is 2.29. The second-order valence-corrected chi connectivity index (χ2v) is 8.06. The summed E-state index contributed by atoms with van der Waals surface area (Å²) in [7, 11) is -1.84. The van der Waals surface area contributed by atoms with Gasteiger partial charge in [0, 0.05) is 6.26 Å². The number of aromatic hydroxyl groups is 1. The first-order chi connectivity index (χ1) is 13.2. The molecule has 0 amide bonds. The van der Waals surface area contributed by atoms with E-state index < -0.39 is 9.84 Å². The number of hydrogen-bond acceptors (Lipinski definition) is 6. The van der Waals surface area contributed by atoms with E-state index in [9.17, 15) is 23.1 Å². The summed E-state index contributed by atoms with van der Waals surface area (Å²) in [5, 5.41) is 9.54. The van der Waals surface area contributed by atoms with Crippen LogP contribution in [-0.2, 0) is 19.4 Å². The molecule has 2 rings (SSSR count). The van der Waals surface area contributed by atoms with Gasteiger partial charge in [0.05, 0.1) is 18.4 Å². The number of phenols is 1. The van der Waals surface area contributed by atoms with Gasteiger partial charge in [0.1, 0.15) is 0 Å². The summed E-state index contributed by atoms with van der Waals surface area (Å²) < 4.78 is 27.8. The first kappa shape index (κ1) is 21.1. The minimum atomic E-state index is -3.27. The summed E-state index contributed by atoms with van der Waals surface area (Å²) in [5.74, 6) is -0.453. The van der Waals surface area contributed by atoms with Crippen LogP contribution in [-0.4, -0.2) is 38.5 Å². The van der Waals surface area contributed by atoms with E-state index in [1.165, 1.54) is 49.6 Å². The van der Waals surface area contributed by atoms with Gasteiger partial charge in [0.2, 0.25) is 0 Å². The highest BCUT2D eigenvalue weighted by molar-refractivity contribution is 7.90. The van der Waals surface area contributed by atoms with Gasteiger partial charge in [-0.25, -0.2) is 8.42 Å². The summed E-state index contributed by atoms with van der Waals surface area (Å²) in [6.45, 7) is 0. The van der Waals surface area contributed by atoms with Crippen LogP contribution < -0.4 is 4.74 Å². The van der Waals surface area contributed by atoms with Gasteiger partial charge in [0.25, 0.3) is 0 Å². The van der Waals surface area contributed by atoms with E-state index in [0.717, 1.165) is 6.26 Å². The van der Waals surface area contributed by atoms with Crippen LogP contribution in [0, 0.1) is 0 Å². The smallest absolute Gasteiger partial charge is 0.175 e. The van der Waals surface area contributed by atoms with Gasteiger partial charge in [-0.15, -0.1) is 0 Å². The van der Waals surface area contributed by atoms with Crippen molar-refractivity contribution in [2.75, 3.05) is 13.4 Å². The van der Waals surface area contributed by atoms with Crippen molar-refractivity contribution in [3.8, 4) is 11.5 Å². The Bertz CT molecular complexity index is 1030. The van der Waals surface area contributed by atoms with Crippen LogP contribution in [0.4, 0.5) is 0 Å². The fourth-order valence-corrected chi connectivity index (χ4v) is 2.92. The molecule has 0 unspecified atom stereocenters. The third-order valence-electron chi connectivity index (χ3n) is 3.78. The van der Waals surface area contributed by atoms with Gasteiger partial charge >= 0.3 is 0 Å². The van der Waals surface area contributed by atoms with Crippen molar-refractivity contribution in [1.82, 2.24) is 0 Å². The van der Waals surface area contributed by atoms with Crippen molar-refractivity contribution >= 4 is 33.6 Å². The Balaban J connectivity index is 1.95. The topological polar surface area (TPSA) is 97.7 Å². The van der Waals surface area contributed by atoms with Crippen LogP contribution in [0.3, 0.4) is 0 Å². The minimum Gasteiger partial charge on any atom is -0.504 e. The third-order valence-corrected chi connectivity index (χ3v) is 4.91. The zero-order valence-corrected chi connectivity index (χ0v) is 16.3. The number of hydrogen-bond donors (Lipinski definition) is 1. The average molecular weight is 400 g/mol. The van der Waals surface area contributed by atoms with E-state index in [4.69, 9.17) is 4.74 Å². The maximum Gasteiger partial charge on any atom is 0.175 e. The molecule has 0 saturated carbocycles. The van der Waals surface area contributed by atoms with E-state index in [2.05, 4.69) is 0 Å². The Hall–Kier alpha value is -3.19. The van der Waals surface area contributed by atoms with E-state index in [-0.39, 0.29) is 34.4 Å². The number of ether oxygens (including phenoxy) is 1. The lowest BCUT2D eigenvalue weighted by Gasteiger charge is -2.03. The summed E-state index contributed by atoms with van der Waals surface area (Å²) in [4.78, 5) is 24.0. The van der Waals surface area contributed by atoms with Gasteiger partial charge in [-0.2, -0.15) is 0 Å². The predicted octanol–water partition coefficient (Wildman–Crippen LogP) is 3.06. The molecule has 0 aliphatic heterocycles. The second kappa shape index (κ2) is 9.14. The molecule has 0 fully saturated rings. The maximum atomic E-state index is 11.9. The van der Waals surface area contributed by atoms with E-state index in [1.807, 2.05) is 0 Å². The number of phenolic OH excluding ortho intramolecular Hbond substituents is 1. The summed E-state index contributed by atoms with van der Waals surface area (Å²) in [6.07, 6.45) is 6.46. The zero-order valence-electron chi connectivity index (χ0n) is 15.5. The van der Waals surface area contributed by atoms with Crippen LogP contribution >= 0.6 is 0 Å². The molecule has 0 saturated heterocycles. The molecule has 28 heavy (non-hydrogen) atoms. The molecular formula is C21H20O6S. The number of allylic oxidation sites excluding steroid dienone is 2. The highest BCUT2D eigenvalue weighted by atomic mass is 32.2. The van der Waals surface area contributed by atoms with Crippen molar-refractivity contribution in [1.29, 1.82) is 0 Å². The Morgan fingerprint density at radius 3 is 2.04 bits per heavy atom. The molecule has 6 nitrogen and oxygen atoms in total. The second-order valence-electron chi connectivity index (χ2n) is 6.05. The Morgan fingerprint density at radius 2 is 1.50 bits per heavy atom. The highest BCUT2D eigenvalue weighted by Gasteiger charge is 2.07. The van der Waals surface area contributed by atoms with Crippen LogP contribution in [0.15, 0.2) is 59.5 Å². The van der Waals surface area contributed by atoms with Crippen molar-refractivity contribution in [2.45, 2.75) is 11.3 Å². The van der Waals surface area contributed by atoms with Crippen LogP contribution in [0.1, 0.15) is 17.5 Å². The molecule has 2 aromatic rings. The van der Waals surface area contributed by atoms with Crippen LogP contribution in [0.2, 0.25) is 0 Å². The van der Waals surface area contributed by atoms with Crippen molar-refractivity contribution < 1.29 is 27.9 Å². The van der Waals surface area contributed by atoms with Crippen molar-refractivity contribution in [2.24, 2.45) is 0 Å². The molecule has 0 radical (unpaired) electrons. The molecule has 0 aromatic heterocycles. The molecule has 0 atom stereocenters. The first-order valence-electron chi connectivity index (χ1n) is 8.28. The Labute approximate surface area is 163 Å². The number of ketones is 2. The zero-order chi connectivity index (χ0) is 20.7. The molecule has 0 heterocycles. The van der Waals surface area contributed by atoms with E-state index >= 15 is 0 Å². The highest BCUT2D eigenvalue weighted by Crippen LogP contribution is 2.26. The van der Waals surface area contributed by atoms with Crippen molar-refractivity contribution in [3.63, 3.8) is 0 Å². The molecule has 1 N–H and O–H groups in total. The minimum absolute atomic E-state index is 0.00383. The molecule has 0 bridgehead atoms. The lowest BCUT2D eigenvalue weighted by atomic mass is 10.1. The van der Waals surface area contributed by atoms with E-state index in [1.54, 1.807) is 24.3 Å². The number of sulfone groups is 1. The number of methoxy groups -OCH3 is 1. The quantitative estimate of drug-likeness (QED) is 0.540. The fraction of sp³-hybridized carbons (Fsp3) is 0.143. The molecule has 7 heteroatoms. The number of carbonyl (C=O) groups is 2. The van der Waals surface area contributed by atoms with Crippen LogP contribution in [0.5, 0.6) is 11.5 Å². The molecule has 2 aromatic carbocycles. The number of carbonyl (C=O) groups excluding carboxylic acids is 2. The van der Waals surface area contributed by atoms with Gasteiger partial charge in [-0.3, -0.25) is 9.59 Å². The SMILES string of the molecule is COc1cc(/C=C/C(=O)CC(=O)/C=C/c2ccc(S(C)(=O)=O)cc2)ccc1O. The lowest BCUT2D eigenvalue weighted by molar-refractivity contribution is -0.121. The number of benzene rings is 2. The summed E-state index contributed by atoms with van der Waals surface area (Å²) in [6, 6.07) is 10.7. The summed E-state index contributed by atoms with van der Waals surface area (Å²) >= 11 is 0. The lowest BCUT2D eigenvalue weighted by Crippen LogP contribution is -2.02. The van der Waals surface area contributed by atoms with Crippen molar-refractivity contribution in [3.05, 3.63) is 65.7 Å². The normalized spacial score (nSPS) is 11.8. The Kier molecular flexibility index (Phi) is 6.89. The average Bonchev–Trinajstić information content (AvgIpc) is 2.65. The number of rotatable bonds is 8. The van der Waals surface area contributed by atoms with Crippen LogP contribution in [0.25, 0.3) is 12.2 Å². The first-order valence-corrected chi connectivity index (χ1v) is 10.2. The van der Waals surface area contributed by atoms with E-state index in [0.29, 0.717) is 11.1 Å². The van der Waals surface area contributed by atoms with Gasteiger partial charge < -0.3 is 9.84 Å².